The molecular formula is C11H18N4O2. The first kappa shape index (κ1) is 13.1. The fourth-order valence-corrected chi connectivity index (χ4v) is 1.47. The molecule has 0 aliphatic rings. The lowest BCUT2D eigenvalue weighted by molar-refractivity contribution is -0.118. The van der Waals surface area contributed by atoms with Crippen LogP contribution >= 0.6 is 0 Å². The molecule has 5 N–H and O–H groups in total. The second kappa shape index (κ2) is 4.90. The van der Waals surface area contributed by atoms with Gasteiger partial charge in [-0.2, -0.15) is 4.98 Å². The second-order valence-electron chi connectivity index (χ2n) is 4.44. The fraction of sp³-hybridized carbons (Fsp3) is 0.455. The highest BCUT2D eigenvalue weighted by Crippen LogP contribution is 2.24. The SMILES string of the molecule is COc1ccc(N)c(NC(C)(C)CC(N)=O)n1. The summed E-state index contributed by atoms with van der Waals surface area (Å²) in [4.78, 5) is 15.1. The third-order valence-electron chi connectivity index (χ3n) is 2.18. The van der Waals surface area contributed by atoms with E-state index < -0.39 is 5.54 Å². The Morgan fingerprint density at radius 2 is 2.18 bits per heavy atom. The predicted octanol–water partition coefficient (Wildman–Crippen LogP) is 0.738. The average molecular weight is 238 g/mol. The van der Waals surface area contributed by atoms with Crippen LogP contribution in [-0.2, 0) is 4.79 Å². The minimum Gasteiger partial charge on any atom is -0.481 e. The number of carbonyl (C=O) groups excluding carboxylic acids is 1. The smallest absolute Gasteiger partial charge is 0.219 e. The molecule has 0 aliphatic heterocycles. The van der Waals surface area contributed by atoms with E-state index in [-0.39, 0.29) is 12.3 Å². The minimum atomic E-state index is -0.515. The standard InChI is InChI=1S/C11H18N4O2/c1-11(2,6-8(13)16)15-10-7(12)4-5-9(14-10)17-3/h4-5H,6,12H2,1-3H3,(H2,13,16)(H,14,15). The van der Waals surface area contributed by atoms with Crippen molar-refractivity contribution in [2.45, 2.75) is 25.8 Å². The van der Waals surface area contributed by atoms with E-state index in [2.05, 4.69) is 10.3 Å². The number of amides is 1. The van der Waals surface area contributed by atoms with Gasteiger partial charge in [-0.3, -0.25) is 4.79 Å². The number of rotatable bonds is 5. The number of hydrogen-bond donors (Lipinski definition) is 3. The number of nitrogen functional groups attached to an aromatic ring is 1. The van der Waals surface area contributed by atoms with Crippen LogP contribution in [0, 0.1) is 0 Å². The van der Waals surface area contributed by atoms with Crippen molar-refractivity contribution in [3.63, 3.8) is 0 Å². The van der Waals surface area contributed by atoms with Crippen molar-refractivity contribution in [3.8, 4) is 5.88 Å². The molecule has 0 radical (unpaired) electrons. The molecule has 0 unspecified atom stereocenters. The van der Waals surface area contributed by atoms with Crippen molar-refractivity contribution in [3.05, 3.63) is 12.1 Å². The van der Waals surface area contributed by atoms with Crippen molar-refractivity contribution in [1.29, 1.82) is 0 Å². The Bertz CT molecular complexity index is 418. The molecule has 0 aliphatic carbocycles. The van der Waals surface area contributed by atoms with E-state index in [0.29, 0.717) is 17.4 Å². The molecule has 1 amide bonds. The Morgan fingerprint density at radius 3 is 2.71 bits per heavy atom. The number of ether oxygens (including phenoxy) is 1. The lowest BCUT2D eigenvalue weighted by atomic mass is 10.0. The molecule has 1 rings (SSSR count). The molecule has 0 saturated heterocycles. The number of carbonyl (C=O) groups is 1. The van der Waals surface area contributed by atoms with Crippen molar-refractivity contribution < 1.29 is 9.53 Å². The first-order valence-electron chi connectivity index (χ1n) is 5.21. The van der Waals surface area contributed by atoms with Gasteiger partial charge in [-0.25, -0.2) is 0 Å². The molecule has 6 nitrogen and oxygen atoms in total. The summed E-state index contributed by atoms with van der Waals surface area (Å²) in [5.41, 5.74) is 10.9. The van der Waals surface area contributed by atoms with E-state index in [0.717, 1.165) is 0 Å². The summed E-state index contributed by atoms with van der Waals surface area (Å²) in [6.45, 7) is 3.69. The van der Waals surface area contributed by atoms with Crippen LogP contribution in [0.4, 0.5) is 11.5 Å². The molecule has 0 spiro atoms. The molecule has 1 aromatic heterocycles. The fourth-order valence-electron chi connectivity index (χ4n) is 1.47. The molecule has 0 bridgehead atoms. The van der Waals surface area contributed by atoms with Gasteiger partial charge in [0.1, 0.15) is 0 Å². The van der Waals surface area contributed by atoms with E-state index in [1.54, 1.807) is 12.1 Å². The maximum atomic E-state index is 10.9. The number of anilines is 2. The van der Waals surface area contributed by atoms with Crippen molar-refractivity contribution in [1.82, 2.24) is 4.98 Å². The first-order chi connectivity index (χ1) is 7.84. The monoisotopic (exact) mass is 238 g/mol. The van der Waals surface area contributed by atoms with Gasteiger partial charge in [0.25, 0.3) is 0 Å². The van der Waals surface area contributed by atoms with Crippen molar-refractivity contribution in [2.75, 3.05) is 18.2 Å². The topological polar surface area (TPSA) is 103 Å². The minimum absolute atomic E-state index is 0.186. The molecular weight excluding hydrogens is 220 g/mol. The van der Waals surface area contributed by atoms with E-state index in [9.17, 15) is 4.79 Å². The normalized spacial score (nSPS) is 11.0. The van der Waals surface area contributed by atoms with Gasteiger partial charge in [0.15, 0.2) is 5.82 Å². The van der Waals surface area contributed by atoms with Crippen LogP contribution in [-0.4, -0.2) is 23.5 Å². The summed E-state index contributed by atoms with van der Waals surface area (Å²) in [5.74, 6) is 0.552. The van der Waals surface area contributed by atoms with E-state index in [4.69, 9.17) is 16.2 Å². The van der Waals surface area contributed by atoms with Crippen LogP contribution in [0.3, 0.4) is 0 Å². The summed E-state index contributed by atoms with van der Waals surface area (Å²) >= 11 is 0. The van der Waals surface area contributed by atoms with Crippen LogP contribution in [0.25, 0.3) is 0 Å². The molecule has 0 aromatic carbocycles. The highest BCUT2D eigenvalue weighted by atomic mass is 16.5. The Morgan fingerprint density at radius 1 is 1.53 bits per heavy atom. The maximum absolute atomic E-state index is 10.9. The zero-order chi connectivity index (χ0) is 13.1. The molecule has 1 aromatic rings. The highest BCUT2D eigenvalue weighted by molar-refractivity contribution is 5.76. The van der Waals surface area contributed by atoms with Crippen LogP contribution in [0.5, 0.6) is 5.88 Å². The number of nitrogens with one attached hydrogen (secondary N) is 1. The number of aromatic nitrogens is 1. The van der Waals surface area contributed by atoms with Crippen LogP contribution in [0.2, 0.25) is 0 Å². The lowest BCUT2D eigenvalue weighted by Gasteiger charge is -2.26. The number of pyridine rings is 1. The number of methoxy groups -OCH3 is 1. The molecule has 94 valence electrons. The van der Waals surface area contributed by atoms with Crippen LogP contribution in [0.1, 0.15) is 20.3 Å². The molecule has 0 fully saturated rings. The molecule has 6 heteroatoms. The van der Waals surface area contributed by atoms with Crippen molar-refractivity contribution >= 4 is 17.4 Å². The Kier molecular flexibility index (Phi) is 3.77. The zero-order valence-electron chi connectivity index (χ0n) is 10.3. The van der Waals surface area contributed by atoms with Gasteiger partial charge in [-0.05, 0) is 19.9 Å². The van der Waals surface area contributed by atoms with Gasteiger partial charge < -0.3 is 21.5 Å². The van der Waals surface area contributed by atoms with Crippen LogP contribution in [0.15, 0.2) is 12.1 Å². The molecule has 17 heavy (non-hydrogen) atoms. The van der Waals surface area contributed by atoms with Crippen LogP contribution < -0.4 is 21.5 Å². The second-order valence-corrected chi connectivity index (χ2v) is 4.44. The number of hydrogen-bond acceptors (Lipinski definition) is 5. The summed E-state index contributed by atoms with van der Waals surface area (Å²) in [5, 5.41) is 3.08. The quantitative estimate of drug-likeness (QED) is 0.702. The van der Waals surface area contributed by atoms with Gasteiger partial charge in [-0.1, -0.05) is 0 Å². The maximum Gasteiger partial charge on any atom is 0.219 e. The Labute approximate surface area is 100 Å². The van der Waals surface area contributed by atoms with Gasteiger partial charge in [0.2, 0.25) is 11.8 Å². The predicted molar refractivity (Wildman–Crippen MR) is 66.7 cm³/mol. The molecule has 0 atom stereocenters. The van der Waals surface area contributed by atoms with Gasteiger partial charge in [-0.15, -0.1) is 0 Å². The van der Waals surface area contributed by atoms with Gasteiger partial charge in [0.05, 0.1) is 12.8 Å². The highest BCUT2D eigenvalue weighted by Gasteiger charge is 2.22. The van der Waals surface area contributed by atoms with E-state index >= 15 is 0 Å². The molecule has 1 heterocycles. The van der Waals surface area contributed by atoms with Crippen molar-refractivity contribution in [2.24, 2.45) is 5.73 Å². The van der Waals surface area contributed by atoms with E-state index in [1.807, 2.05) is 13.8 Å². The Hall–Kier alpha value is -1.98. The van der Waals surface area contributed by atoms with Gasteiger partial charge >= 0.3 is 0 Å². The third-order valence-corrected chi connectivity index (χ3v) is 2.18. The first-order valence-corrected chi connectivity index (χ1v) is 5.21. The van der Waals surface area contributed by atoms with E-state index in [1.165, 1.54) is 7.11 Å². The summed E-state index contributed by atoms with van der Waals surface area (Å²) in [6.07, 6.45) is 0.186. The summed E-state index contributed by atoms with van der Waals surface area (Å²) in [7, 11) is 1.52. The number of nitrogens with zero attached hydrogens (tertiary/aromatic N) is 1. The molecule has 0 saturated carbocycles. The third kappa shape index (κ3) is 3.82. The van der Waals surface area contributed by atoms with Gasteiger partial charge in [0, 0.05) is 18.0 Å². The zero-order valence-corrected chi connectivity index (χ0v) is 10.3. The number of nitrogens with two attached hydrogens (primary N) is 2. The summed E-state index contributed by atoms with van der Waals surface area (Å²) in [6, 6.07) is 3.36. The average Bonchev–Trinajstić information content (AvgIpc) is 2.19. The Balaban J connectivity index is 2.89. The number of primary amides is 1. The summed E-state index contributed by atoms with van der Waals surface area (Å²) < 4.78 is 5.01. The lowest BCUT2D eigenvalue weighted by Crippen LogP contribution is -2.36. The largest absolute Gasteiger partial charge is 0.481 e.